The van der Waals surface area contributed by atoms with Crippen LogP contribution in [0.3, 0.4) is 0 Å². The van der Waals surface area contributed by atoms with Crippen molar-refractivity contribution in [1.82, 2.24) is 20.2 Å². The van der Waals surface area contributed by atoms with Crippen molar-refractivity contribution in [3.8, 4) is 0 Å². The number of hydrogen-bond acceptors (Lipinski definition) is 5. The molecule has 0 amide bonds. The van der Waals surface area contributed by atoms with E-state index in [1.807, 2.05) is 0 Å². The number of tetrazole rings is 1. The summed E-state index contributed by atoms with van der Waals surface area (Å²) < 4.78 is 7.18. The van der Waals surface area contributed by atoms with Gasteiger partial charge in [-0.2, -0.15) is 5.21 Å². The molecule has 0 unspecified atom stereocenters. The van der Waals surface area contributed by atoms with E-state index in [0.29, 0.717) is 24.5 Å². The Morgan fingerprint density at radius 2 is 2.38 bits per heavy atom. The highest BCUT2D eigenvalue weighted by Crippen LogP contribution is 1.89. The molecule has 1 heterocycles. The molecule has 0 spiro atoms. The topological polar surface area (TPSA) is 76.0 Å². The van der Waals surface area contributed by atoms with Crippen LogP contribution in [0.1, 0.15) is 6.42 Å². The van der Waals surface area contributed by atoms with Gasteiger partial charge in [-0.1, -0.05) is 10.3 Å². The molecule has 1 aromatic rings. The molecular weight excluding hydrogens is 192 g/mol. The summed E-state index contributed by atoms with van der Waals surface area (Å²) in [6.45, 7) is 1.75. The molecule has 6 nitrogen and oxygen atoms in total. The third kappa shape index (κ3) is 3.62. The second-order valence-electron chi connectivity index (χ2n) is 2.42. The van der Waals surface area contributed by atoms with Crippen molar-refractivity contribution in [2.24, 2.45) is 0 Å². The summed E-state index contributed by atoms with van der Waals surface area (Å²) in [5.74, 6) is 0. The fraction of sp³-hybridized carbons (Fsp3) is 0.833. The second-order valence-corrected chi connectivity index (χ2v) is 2.79. The fourth-order valence-corrected chi connectivity index (χ4v) is 1.03. The minimum Gasteiger partial charge on any atom is -0.394 e. The molecule has 2 N–H and O–H groups in total. The summed E-state index contributed by atoms with van der Waals surface area (Å²) in [5, 5.41) is 18.2. The molecule has 0 aliphatic rings. The Labute approximate surface area is 80.5 Å². The van der Waals surface area contributed by atoms with E-state index in [2.05, 4.69) is 15.5 Å². The lowest BCUT2D eigenvalue weighted by molar-refractivity contribution is 0.0882. The average Bonchev–Trinajstić information content (AvgIpc) is 2.52. The van der Waals surface area contributed by atoms with E-state index in [1.165, 1.54) is 0 Å². The summed E-state index contributed by atoms with van der Waals surface area (Å²) in [6, 6.07) is 0. The highest BCUT2D eigenvalue weighted by atomic mass is 32.1. The molecule has 74 valence electrons. The zero-order valence-corrected chi connectivity index (χ0v) is 7.96. The minimum absolute atomic E-state index is 0.0606. The Morgan fingerprint density at radius 1 is 1.54 bits per heavy atom. The van der Waals surface area contributed by atoms with Crippen LogP contribution in [-0.4, -0.2) is 45.1 Å². The van der Waals surface area contributed by atoms with E-state index >= 15 is 0 Å². The Kier molecular flexibility index (Phi) is 4.58. The van der Waals surface area contributed by atoms with Crippen LogP contribution < -0.4 is 0 Å². The van der Waals surface area contributed by atoms with Gasteiger partial charge in [0.05, 0.1) is 13.2 Å². The van der Waals surface area contributed by atoms with E-state index in [4.69, 9.17) is 22.1 Å². The van der Waals surface area contributed by atoms with Crippen LogP contribution in [0.4, 0.5) is 0 Å². The maximum absolute atomic E-state index is 8.42. The van der Waals surface area contributed by atoms with Crippen molar-refractivity contribution in [2.75, 3.05) is 19.8 Å². The van der Waals surface area contributed by atoms with Crippen LogP contribution in [0.5, 0.6) is 0 Å². The normalized spacial score (nSPS) is 10.5. The molecular formula is C6H12N4O2S. The van der Waals surface area contributed by atoms with Gasteiger partial charge < -0.3 is 9.84 Å². The lowest BCUT2D eigenvalue weighted by atomic mass is 10.4. The number of nitrogens with one attached hydrogen (secondary N) is 1. The third-order valence-corrected chi connectivity index (χ3v) is 1.74. The molecule has 0 aromatic carbocycles. The number of nitrogens with zero attached hydrogens (tertiary/aromatic N) is 3. The number of ether oxygens (including phenoxy) is 1. The Bertz CT molecular complexity index is 284. The van der Waals surface area contributed by atoms with E-state index in [0.717, 1.165) is 6.42 Å². The monoisotopic (exact) mass is 204 g/mol. The van der Waals surface area contributed by atoms with E-state index < -0.39 is 0 Å². The highest BCUT2D eigenvalue weighted by molar-refractivity contribution is 7.71. The molecule has 1 rings (SSSR count). The molecule has 0 fully saturated rings. The van der Waals surface area contributed by atoms with Crippen LogP contribution >= 0.6 is 12.2 Å². The molecule has 0 aliphatic carbocycles. The van der Waals surface area contributed by atoms with Gasteiger partial charge in [-0.3, -0.25) is 0 Å². The lowest BCUT2D eigenvalue weighted by Crippen LogP contribution is -2.06. The fourth-order valence-electron chi connectivity index (χ4n) is 0.853. The summed E-state index contributed by atoms with van der Waals surface area (Å²) in [7, 11) is 0. The standard InChI is InChI=1S/C6H12N4O2S/c11-3-5-12-4-1-2-10-6(13)7-8-9-10/h11H,1-5H2,(H,7,9,13). The first kappa shape index (κ1) is 10.3. The number of hydrogen-bond donors (Lipinski definition) is 2. The largest absolute Gasteiger partial charge is 0.394 e. The smallest absolute Gasteiger partial charge is 0.238 e. The van der Waals surface area contributed by atoms with Crippen LogP contribution in [0.15, 0.2) is 0 Å². The number of rotatable bonds is 6. The van der Waals surface area contributed by atoms with Crippen molar-refractivity contribution < 1.29 is 9.84 Å². The van der Waals surface area contributed by atoms with Gasteiger partial charge in [0.1, 0.15) is 0 Å². The van der Waals surface area contributed by atoms with Crippen molar-refractivity contribution in [1.29, 1.82) is 0 Å². The number of aromatic amines is 1. The number of aromatic nitrogens is 4. The van der Waals surface area contributed by atoms with E-state index in [-0.39, 0.29) is 6.61 Å². The highest BCUT2D eigenvalue weighted by Gasteiger charge is 1.94. The van der Waals surface area contributed by atoms with Gasteiger partial charge in [-0.15, -0.1) is 0 Å². The maximum Gasteiger partial charge on any atom is 0.238 e. The van der Waals surface area contributed by atoms with Crippen molar-refractivity contribution in [3.05, 3.63) is 4.77 Å². The molecule has 0 atom stereocenters. The summed E-state index contributed by atoms with van der Waals surface area (Å²) >= 11 is 4.86. The van der Waals surface area contributed by atoms with Crippen molar-refractivity contribution in [2.45, 2.75) is 13.0 Å². The molecule has 1 aromatic heterocycles. The zero-order chi connectivity index (χ0) is 9.52. The first-order chi connectivity index (χ1) is 6.34. The van der Waals surface area contributed by atoms with Crippen LogP contribution in [0.2, 0.25) is 0 Å². The molecule has 13 heavy (non-hydrogen) atoms. The van der Waals surface area contributed by atoms with Gasteiger partial charge in [0.15, 0.2) is 0 Å². The maximum atomic E-state index is 8.42. The quantitative estimate of drug-likeness (QED) is 0.493. The second kappa shape index (κ2) is 5.79. The average molecular weight is 204 g/mol. The van der Waals surface area contributed by atoms with Gasteiger partial charge in [0.2, 0.25) is 4.77 Å². The van der Waals surface area contributed by atoms with Gasteiger partial charge in [0.25, 0.3) is 0 Å². The van der Waals surface area contributed by atoms with E-state index in [9.17, 15) is 0 Å². The third-order valence-electron chi connectivity index (χ3n) is 1.44. The molecule has 7 heteroatoms. The van der Waals surface area contributed by atoms with Gasteiger partial charge in [-0.25, -0.2) is 4.68 Å². The first-order valence-electron chi connectivity index (χ1n) is 4.01. The number of H-pyrrole nitrogens is 1. The summed E-state index contributed by atoms with van der Waals surface area (Å²) in [5.41, 5.74) is 0. The molecule has 0 saturated carbocycles. The molecule has 0 bridgehead atoms. The van der Waals surface area contributed by atoms with Crippen LogP contribution in [0, 0.1) is 4.77 Å². The first-order valence-corrected chi connectivity index (χ1v) is 4.42. The minimum atomic E-state index is 0.0606. The van der Waals surface area contributed by atoms with Crippen LogP contribution in [-0.2, 0) is 11.3 Å². The summed E-state index contributed by atoms with van der Waals surface area (Å²) in [6.07, 6.45) is 0.818. The molecule has 0 radical (unpaired) electrons. The van der Waals surface area contributed by atoms with Gasteiger partial charge >= 0.3 is 0 Å². The number of aryl methyl sites for hydroxylation is 1. The SMILES string of the molecule is OCCOCCCn1[nH]nnc1=S. The number of aliphatic hydroxyl groups is 1. The van der Waals surface area contributed by atoms with Crippen molar-refractivity contribution in [3.63, 3.8) is 0 Å². The van der Waals surface area contributed by atoms with Gasteiger partial charge in [0, 0.05) is 13.2 Å². The molecule has 0 saturated heterocycles. The van der Waals surface area contributed by atoms with Crippen LogP contribution in [0.25, 0.3) is 0 Å². The van der Waals surface area contributed by atoms with Gasteiger partial charge in [-0.05, 0) is 18.6 Å². The predicted octanol–water partition coefficient (Wildman–Crippen LogP) is -0.265. The zero-order valence-electron chi connectivity index (χ0n) is 7.14. The van der Waals surface area contributed by atoms with Crippen molar-refractivity contribution >= 4 is 12.2 Å². The Balaban J connectivity index is 2.13. The number of aliphatic hydroxyl groups excluding tert-OH is 1. The lowest BCUT2D eigenvalue weighted by Gasteiger charge is -2.01. The molecule has 0 aliphatic heterocycles. The Hall–Kier alpha value is -0.790. The predicted molar refractivity (Wildman–Crippen MR) is 47.7 cm³/mol. The Morgan fingerprint density at radius 3 is 3.00 bits per heavy atom. The van der Waals surface area contributed by atoms with E-state index in [1.54, 1.807) is 4.68 Å². The summed E-state index contributed by atoms with van der Waals surface area (Å²) in [4.78, 5) is 0.